The van der Waals surface area contributed by atoms with Gasteiger partial charge in [-0.15, -0.1) is 11.3 Å². The zero-order valence-electron chi connectivity index (χ0n) is 15.6. The number of hydrogen-bond acceptors (Lipinski definition) is 6. The smallest absolute Gasteiger partial charge is 0.410 e. The second-order valence-corrected chi connectivity index (χ2v) is 7.76. The summed E-state index contributed by atoms with van der Waals surface area (Å²) in [6.45, 7) is 3.33. The number of aromatic hydroxyl groups is 1. The van der Waals surface area contributed by atoms with Crippen LogP contribution in [0.4, 0.5) is 4.79 Å². The number of aromatic nitrogens is 1. The van der Waals surface area contributed by atoms with E-state index >= 15 is 0 Å². The van der Waals surface area contributed by atoms with Crippen molar-refractivity contribution in [3.63, 3.8) is 0 Å². The topological polar surface area (TPSA) is 100.0 Å². The van der Waals surface area contributed by atoms with Crippen LogP contribution in [0.25, 0.3) is 21.6 Å². The Hall–Kier alpha value is -3.39. The van der Waals surface area contributed by atoms with Gasteiger partial charge in [0.25, 0.3) is 0 Å². The van der Waals surface area contributed by atoms with Gasteiger partial charge in [0.2, 0.25) is 0 Å². The quantitative estimate of drug-likeness (QED) is 0.656. The number of rotatable bonds is 5. The molecule has 29 heavy (non-hydrogen) atoms. The van der Waals surface area contributed by atoms with Crippen molar-refractivity contribution in [2.45, 2.75) is 13.5 Å². The lowest BCUT2D eigenvalue weighted by molar-refractivity contribution is 0.0693. The molecular weight excluding hydrogens is 392 g/mol. The van der Waals surface area contributed by atoms with Gasteiger partial charge in [0, 0.05) is 0 Å². The summed E-state index contributed by atoms with van der Waals surface area (Å²) in [5.41, 5.74) is 3.28. The Morgan fingerprint density at radius 3 is 2.66 bits per heavy atom. The van der Waals surface area contributed by atoms with E-state index in [0.29, 0.717) is 19.7 Å². The highest BCUT2D eigenvalue weighted by Gasteiger charge is 2.23. The van der Waals surface area contributed by atoms with Crippen molar-refractivity contribution in [3.05, 3.63) is 58.7 Å². The second kappa shape index (κ2) is 7.56. The average Bonchev–Trinajstić information content (AvgIpc) is 3.27. The Morgan fingerprint density at radius 1 is 1.21 bits per heavy atom. The number of amides is 1. The van der Waals surface area contributed by atoms with E-state index in [4.69, 9.17) is 9.84 Å². The van der Waals surface area contributed by atoms with Gasteiger partial charge in [-0.1, -0.05) is 24.3 Å². The molecule has 2 aromatic carbocycles. The van der Waals surface area contributed by atoms with Gasteiger partial charge in [-0.3, -0.25) is 4.90 Å². The molecule has 2 heterocycles. The maximum absolute atomic E-state index is 11.7. The van der Waals surface area contributed by atoms with Crippen molar-refractivity contribution in [1.29, 1.82) is 0 Å². The van der Waals surface area contributed by atoms with Gasteiger partial charge in [0.05, 0.1) is 23.7 Å². The van der Waals surface area contributed by atoms with Crippen LogP contribution in [0.1, 0.15) is 21.1 Å². The molecule has 0 unspecified atom stereocenters. The maximum Gasteiger partial charge on any atom is 0.410 e. The lowest BCUT2D eigenvalue weighted by atomic mass is 10.0. The Balaban J connectivity index is 1.63. The molecule has 0 saturated carbocycles. The maximum atomic E-state index is 11.7. The van der Waals surface area contributed by atoms with Gasteiger partial charge in [0.15, 0.2) is 0 Å². The van der Waals surface area contributed by atoms with Crippen molar-refractivity contribution < 1.29 is 24.5 Å². The third kappa shape index (κ3) is 3.79. The van der Waals surface area contributed by atoms with Crippen LogP contribution in [0.15, 0.2) is 42.5 Å². The van der Waals surface area contributed by atoms with Crippen molar-refractivity contribution in [1.82, 2.24) is 9.88 Å². The number of carboxylic acid groups (broad SMARTS) is 1. The van der Waals surface area contributed by atoms with E-state index in [1.807, 2.05) is 31.2 Å². The predicted molar refractivity (Wildman–Crippen MR) is 108 cm³/mol. The molecule has 1 fully saturated rings. The van der Waals surface area contributed by atoms with Crippen LogP contribution in [0, 0.1) is 6.92 Å². The fourth-order valence-electron chi connectivity index (χ4n) is 3.25. The molecule has 1 aliphatic rings. The molecule has 0 spiro atoms. The van der Waals surface area contributed by atoms with E-state index in [1.54, 1.807) is 11.0 Å². The normalized spacial score (nSPS) is 13.6. The number of benzene rings is 2. The van der Waals surface area contributed by atoms with Gasteiger partial charge >= 0.3 is 12.1 Å². The zero-order valence-corrected chi connectivity index (χ0v) is 16.4. The summed E-state index contributed by atoms with van der Waals surface area (Å²) in [7, 11) is 0. The minimum Gasteiger partial charge on any atom is -0.507 e. The summed E-state index contributed by atoms with van der Waals surface area (Å²) >= 11 is 1.53. The SMILES string of the molecule is Cc1nc(CN2CCOC2=O)sc1-c1cccc(-c2ccc(C(=O)O)c(O)c2)c1. The van der Waals surface area contributed by atoms with Crippen LogP contribution in [-0.4, -0.2) is 45.3 Å². The molecule has 8 heteroatoms. The molecule has 1 saturated heterocycles. The standard InChI is InChI=1S/C21H18N2O5S/c1-12-19(29-18(22-12)11-23-7-8-28-21(23)27)15-4-2-3-13(9-15)14-5-6-16(20(25)26)17(24)10-14/h2-6,9-10,24H,7-8,11H2,1H3,(H,25,26). The number of carbonyl (C=O) groups excluding carboxylic acids is 1. The first-order valence-corrected chi connectivity index (χ1v) is 9.79. The summed E-state index contributed by atoms with van der Waals surface area (Å²) in [6, 6.07) is 12.3. The van der Waals surface area contributed by atoms with Gasteiger partial charge < -0.3 is 14.9 Å². The Bertz CT molecular complexity index is 1110. The first kappa shape index (κ1) is 18.9. The lowest BCUT2D eigenvalue weighted by Gasteiger charge is -2.09. The van der Waals surface area contributed by atoms with Gasteiger partial charge in [-0.05, 0) is 41.8 Å². The van der Waals surface area contributed by atoms with Crippen LogP contribution >= 0.6 is 11.3 Å². The number of thiazole rings is 1. The zero-order chi connectivity index (χ0) is 20.5. The fourth-order valence-corrected chi connectivity index (χ4v) is 4.33. The van der Waals surface area contributed by atoms with Crippen molar-refractivity contribution >= 4 is 23.4 Å². The number of aromatic carboxylic acids is 1. The highest BCUT2D eigenvalue weighted by molar-refractivity contribution is 7.15. The number of nitrogens with zero attached hydrogens (tertiary/aromatic N) is 2. The van der Waals surface area contributed by atoms with E-state index in [2.05, 4.69) is 4.98 Å². The number of carbonyl (C=O) groups is 2. The van der Waals surface area contributed by atoms with Crippen molar-refractivity contribution in [2.24, 2.45) is 0 Å². The summed E-state index contributed by atoms with van der Waals surface area (Å²) in [6.07, 6.45) is -0.314. The minimum atomic E-state index is -1.17. The molecule has 2 N–H and O–H groups in total. The van der Waals surface area contributed by atoms with Gasteiger partial charge in [-0.25, -0.2) is 14.6 Å². The van der Waals surface area contributed by atoms with Crippen LogP contribution < -0.4 is 0 Å². The monoisotopic (exact) mass is 410 g/mol. The predicted octanol–water partition coefficient (Wildman–Crippen LogP) is 4.14. The first-order valence-electron chi connectivity index (χ1n) is 8.97. The fraction of sp³-hybridized carbons (Fsp3) is 0.190. The Morgan fingerprint density at radius 2 is 1.97 bits per heavy atom. The third-order valence-corrected chi connectivity index (χ3v) is 5.89. The first-order chi connectivity index (χ1) is 13.9. The van der Waals surface area contributed by atoms with Crippen molar-refractivity contribution in [2.75, 3.05) is 13.2 Å². The molecule has 0 radical (unpaired) electrons. The minimum absolute atomic E-state index is 0.131. The number of aryl methyl sites for hydroxylation is 1. The third-order valence-electron chi connectivity index (χ3n) is 4.70. The molecule has 1 aliphatic heterocycles. The number of phenols is 1. The number of carboxylic acids is 1. The number of ether oxygens (including phenoxy) is 1. The summed E-state index contributed by atoms with van der Waals surface area (Å²) < 4.78 is 4.96. The van der Waals surface area contributed by atoms with Crippen molar-refractivity contribution in [3.8, 4) is 27.3 Å². The Labute approximate surface area is 170 Å². The van der Waals surface area contributed by atoms with Crippen LogP contribution in [0.5, 0.6) is 5.75 Å². The van der Waals surface area contributed by atoms with E-state index in [9.17, 15) is 14.7 Å². The summed E-state index contributed by atoms with van der Waals surface area (Å²) in [5, 5.41) is 19.9. The highest BCUT2D eigenvalue weighted by Crippen LogP contribution is 2.34. The summed E-state index contributed by atoms with van der Waals surface area (Å²) in [4.78, 5) is 30.0. The van der Waals surface area contributed by atoms with E-state index in [-0.39, 0.29) is 17.4 Å². The van der Waals surface area contributed by atoms with Crippen LogP contribution in [0.2, 0.25) is 0 Å². The van der Waals surface area contributed by atoms with E-state index < -0.39 is 5.97 Å². The largest absolute Gasteiger partial charge is 0.507 e. The molecule has 4 rings (SSSR count). The summed E-state index contributed by atoms with van der Waals surface area (Å²) in [5.74, 6) is -1.44. The van der Waals surface area contributed by atoms with E-state index in [1.165, 1.54) is 23.5 Å². The molecule has 1 aromatic heterocycles. The highest BCUT2D eigenvalue weighted by atomic mass is 32.1. The average molecular weight is 410 g/mol. The Kier molecular flexibility index (Phi) is 4.94. The number of cyclic esters (lactones) is 1. The second-order valence-electron chi connectivity index (χ2n) is 6.68. The van der Waals surface area contributed by atoms with Gasteiger partial charge in [-0.2, -0.15) is 0 Å². The van der Waals surface area contributed by atoms with Crippen LogP contribution in [0.3, 0.4) is 0 Å². The molecule has 148 valence electrons. The van der Waals surface area contributed by atoms with Crippen LogP contribution in [-0.2, 0) is 11.3 Å². The van der Waals surface area contributed by atoms with E-state index in [0.717, 1.165) is 32.3 Å². The number of hydrogen-bond donors (Lipinski definition) is 2. The van der Waals surface area contributed by atoms with Gasteiger partial charge in [0.1, 0.15) is 22.9 Å². The molecule has 0 atom stereocenters. The molecule has 3 aromatic rings. The molecule has 0 bridgehead atoms. The lowest BCUT2D eigenvalue weighted by Crippen LogP contribution is -2.23. The molecular formula is C21H18N2O5S. The molecule has 0 aliphatic carbocycles. The molecule has 7 nitrogen and oxygen atoms in total. The molecule has 1 amide bonds.